The Bertz CT molecular complexity index is 408. The third-order valence-electron chi connectivity index (χ3n) is 3.70. The Hall–Kier alpha value is -1.03. The number of pyridine rings is 1. The number of hydrogen-bond acceptors (Lipinski definition) is 2. The third-order valence-corrected chi connectivity index (χ3v) is 3.70. The van der Waals surface area contributed by atoms with Gasteiger partial charge in [-0.1, -0.05) is 0 Å². The van der Waals surface area contributed by atoms with E-state index in [2.05, 4.69) is 4.98 Å². The number of fused-ring (bicyclic) bond motifs is 4. The smallest absolute Gasteiger partial charge is 0.219 e. The molecule has 2 aliphatic rings. The first kappa shape index (κ1) is 9.21. The van der Waals surface area contributed by atoms with Gasteiger partial charge in [-0.15, -0.1) is 0 Å². The van der Waals surface area contributed by atoms with Crippen molar-refractivity contribution < 1.29 is 8.78 Å². The summed E-state index contributed by atoms with van der Waals surface area (Å²) in [7, 11) is 1.91. The molecule has 4 heteroatoms. The molecule has 1 fully saturated rings. The van der Waals surface area contributed by atoms with Crippen LogP contribution in [0.1, 0.15) is 36.2 Å². The third kappa shape index (κ3) is 1.08. The number of hydrogen-bond donors (Lipinski definition) is 0. The average molecular weight is 210 g/mol. The summed E-state index contributed by atoms with van der Waals surface area (Å²) in [6.07, 6.45) is 1.92. The molecule has 15 heavy (non-hydrogen) atoms. The van der Waals surface area contributed by atoms with E-state index in [1.165, 1.54) is 6.20 Å². The predicted molar refractivity (Wildman–Crippen MR) is 51.6 cm³/mol. The van der Waals surface area contributed by atoms with Crippen LogP contribution in [0.15, 0.2) is 12.3 Å². The van der Waals surface area contributed by atoms with Crippen LogP contribution in [0.4, 0.5) is 8.78 Å². The molecule has 0 saturated carbocycles. The first-order valence-electron chi connectivity index (χ1n) is 5.20. The Kier molecular flexibility index (Phi) is 1.83. The van der Waals surface area contributed by atoms with Gasteiger partial charge in [0.15, 0.2) is 0 Å². The minimum atomic E-state index is -1.22. The second kappa shape index (κ2) is 2.98. The fourth-order valence-corrected chi connectivity index (χ4v) is 2.91. The van der Waals surface area contributed by atoms with Crippen molar-refractivity contribution in [2.75, 3.05) is 7.05 Å². The number of rotatable bonds is 0. The largest absolute Gasteiger partial charge is 0.293 e. The molecular weight excluding hydrogens is 198 g/mol. The van der Waals surface area contributed by atoms with Gasteiger partial charge in [-0.3, -0.25) is 4.90 Å². The molecule has 1 aromatic heterocycles. The van der Waals surface area contributed by atoms with Crippen molar-refractivity contribution >= 4 is 0 Å². The lowest BCUT2D eigenvalue weighted by atomic mass is 9.94. The lowest BCUT2D eigenvalue weighted by Crippen LogP contribution is -2.36. The standard InChI is InChI=1S/C11H12F2N2/c1-15-7-2-3-8(15)10(12)9-6(7)4-5-14-11(9)13/h4-5,7-8,10H,2-3H2,1H3/t7-,8+,10?/m0/s1. The summed E-state index contributed by atoms with van der Waals surface area (Å²) in [5.74, 6) is -0.634. The van der Waals surface area contributed by atoms with E-state index >= 15 is 0 Å². The van der Waals surface area contributed by atoms with E-state index in [-0.39, 0.29) is 17.6 Å². The van der Waals surface area contributed by atoms with Crippen LogP contribution in [0.3, 0.4) is 0 Å². The Morgan fingerprint density at radius 2 is 2.27 bits per heavy atom. The summed E-state index contributed by atoms with van der Waals surface area (Å²) in [4.78, 5) is 5.56. The minimum Gasteiger partial charge on any atom is -0.293 e. The molecule has 0 amide bonds. The lowest BCUT2D eigenvalue weighted by Gasteiger charge is -2.35. The van der Waals surface area contributed by atoms with Gasteiger partial charge in [0.05, 0.1) is 0 Å². The van der Waals surface area contributed by atoms with Gasteiger partial charge in [-0.25, -0.2) is 9.37 Å². The summed E-state index contributed by atoms with van der Waals surface area (Å²) in [6, 6.07) is 1.75. The van der Waals surface area contributed by atoms with Crippen LogP contribution in [0.5, 0.6) is 0 Å². The maximum absolute atomic E-state index is 14.1. The van der Waals surface area contributed by atoms with Gasteiger partial charge >= 0.3 is 0 Å². The highest BCUT2D eigenvalue weighted by atomic mass is 19.1. The zero-order valence-electron chi connectivity index (χ0n) is 8.45. The fraction of sp³-hybridized carbons (Fsp3) is 0.545. The Labute approximate surface area is 86.9 Å². The normalized spacial score (nSPS) is 34.2. The molecule has 1 unspecified atom stereocenters. The van der Waals surface area contributed by atoms with Crippen LogP contribution in [-0.4, -0.2) is 23.0 Å². The van der Waals surface area contributed by atoms with E-state index in [1.807, 2.05) is 11.9 Å². The van der Waals surface area contributed by atoms with Gasteiger partial charge in [-0.05, 0) is 31.5 Å². The van der Waals surface area contributed by atoms with E-state index < -0.39 is 12.1 Å². The average Bonchev–Trinajstić information content (AvgIpc) is 2.50. The van der Waals surface area contributed by atoms with Crippen LogP contribution in [0.25, 0.3) is 0 Å². The highest BCUT2D eigenvalue weighted by Crippen LogP contribution is 2.49. The molecule has 0 N–H and O–H groups in total. The number of nitrogens with zero attached hydrogens (tertiary/aromatic N) is 2. The molecule has 3 atom stereocenters. The van der Waals surface area contributed by atoms with Crippen LogP contribution in [0, 0.1) is 5.95 Å². The van der Waals surface area contributed by atoms with Crippen molar-refractivity contribution in [3.63, 3.8) is 0 Å². The fourth-order valence-electron chi connectivity index (χ4n) is 2.91. The molecule has 2 aliphatic heterocycles. The maximum atomic E-state index is 14.1. The van der Waals surface area contributed by atoms with Gasteiger partial charge in [0.1, 0.15) is 6.17 Å². The summed E-state index contributed by atoms with van der Waals surface area (Å²) >= 11 is 0. The predicted octanol–water partition coefficient (Wildman–Crippen LogP) is 2.38. The van der Waals surface area contributed by atoms with Gasteiger partial charge in [-0.2, -0.15) is 4.39 Å². The Balaban J connectivity index is 2.21. The second-order valence-electron chi connectivity index (χ2n) is 4.33. The number of alkyl halides is 1. The molecule has 1 saturated heterocycles. The van der Waals surface area contributed by atoms with Crippen molar-refractivity contribution in [3.05, 3.63) is 29.3 Å². The van der Waals surface area contributed by atoms with Gasteiger partial charge in [0.2, 0.25) is 5.95 Å². The highest BCUT2D eigenvalue weighted by Gasteiger charge is 2.45. The quantitative estimate of drug-likeness (QED) is 0.611. The summed E-state index contributed by atoms with van der Waals surface area (Å²) in [6.45, 7) is 0. The first-order chi connectivity index (χ1) is 7.20. The molecule has 80 valence electrons. The topological polar surface area (TPSA) is 16.1 Å². The van der Waals surface area contributed by atoms with Gasteiger partial charge in [0, 0.05) is 23.8 Å². The number of aromatic nitrogens is 1. The summed E-state index contributed by atoms with van der Waals surface area (Å²) < 4.78 is 27.5. The summed E-state index contributed by atoms with van der Waals surface area (Å²) in [5.41, 5.74) is 0.981. The second-order valence-corrected chi connectivity index (χ2v) is 4.33. The van der Waals surface area contributed by atoms with Crippen molar-refractivity contribution in [2.24, 2.45) is 0 Å². The van der Waals surface area contributed by atoms with E-state index in [1.54, 1.807) is 6.07 Å². The molecule has 0 spiro atoms. The molecule has 0 aromatic carbocycles. The van der Waals surface area contributed by atoms with E-state index in [4.69, 9.17) is 0 Å². The van der Waals surface area contributed by atoms with Crippen LogP contribution in [0.2, 0.25) is 0 Å². The van der Waals surface area contributed by atoms with E-state index in [9.17, 15) is 8.78 Å². The summed E-state index contributed by atoms with van der Waals surface area (Å²) in [5, 5.41) is 0. The molecule has 0 aliphatic carbocycles. The number of likely N-dealkylation sites (N-methyl/N-ethyl adjacent to an activating group) is 1. The van der Waals surface area contributed by atoms with Crippen molar-refractivity contribution in [3.8, 4) is 0 Å². The lowest BCUT2D eigenvalue weighted by molar-refractivity contribution is 0.120. The first-order valence-corrected chi connectivity index (χ1v) is 5.20. The zero-order valence-corrected chi connectivity index (χ0v) is 8.45. The molecule has 1 aromatic rings. The van der Waals surface area contributed by atoms with Crippen LogP contribution in [-0.2, 0) is 0 Å². The molecule has 3 rings (SSSR count). The highest BCUT2D eigenvalue weighted by molar-refractivity contribution is 5.35. The minimum absolute atomic E-state index is 0.166. The monoisotopic (exact) mass is 210 g/mol. The zero-order chi connectivity index (χ0) is 10.6. The van der Waals surface area contributed by atoms with Crippen molar-refractivity contribution in [1.82, 2.24) is 9.88 Å². The van der Waals surface area contributed by atoms with Crippen molar-refractivity contribution in [2.45, 2.75) is 31.1 Å². The molecule has 3 heterocycles. The van der Waals surface area contributed by atoms with Gasteiger partial charge < -0.3 is 0 Å². The van der Waals surface area contributed by atoms with Gasteiger partial charge in [0.25, 0.3) is 0 Å². The van der Waals surface area contributed by atoms with E-state index in [0.717, 1.165) is 18.4 Å². The Morgan fingerprint density at radius 1 is 1.47 bits per heavy atom. The molecule has 2 nitrogen and oxygen atoms in total. The number of halogens is 2. The molecular formula is C11H12F2N2. The molecule has 2 bridgehead atoms. The molecule has 0 radical (unpaired) electrons. The van der Waals surface area contributed by atoms with Crippen LogP contribution < -0.4 is 0 Å². The van der Waals surface area contributed by atoms with Crippen molar-refractivity contribution in [1.29, 1.82) is 0 Å². The van der Waals surface area contributed by atoms with Crippen LogP contribution >= 0.6 is 0 Å². The Morgan fingerprint density at radius 3 is 3.07 bits per heavy atom. The maximum Gasteiger partial charge on any atom is 0.219 e. The SMILES string of the molecule is CN1[C@@H]2CC[C@H]1c1ccnc(F)c1C2F. The van der Waals surface area contributed by atoms with E-state index in [0.29, 0.717) is 0 Å².